The monoisotopic (exact) mass is 266 g/mol. The largest absolute Gasteiger partial charge is 0.491 e. The molecule has 1 aromatic carbocycles. The predicted molar refractivity (Wildman–Crippen MR) is 75.5 cm³/mol. The topological polar surface area (TPSA) is 70.6 Å². The van der Waals surface area contributed by atoms with Crippen LogP contribution < -0.4 is 15.4 Å². The predicted octanol–water partition coefficient (Wildman–Crippen LogP) is 2.37. The van der Waals surface area contributed by atoms with Crippen molar-refractivity contribution >= 4 is 11.7 Å². The van der Waals surface area contributed by atoms with Gasteiger partial charge in [-0.1, -0.05) is 19.1 Å². The third-order valence-corrected chi connectivity index (χ3v) is 2.54. The lowest BCUT2D eigenvalue weighted by atomic mass is 10.2. The molecule has 0 saturated carbocycles. The molecule has 5 nitrogen and oxygen atoms in total. The number of hydrogen-bond acceptors (Lipinski definition) is 3. The number of para-hydroxylation sites is 2. The minimum absolute atomic E-state index is 0.0532. The number of ether oxygens (including phenoxy) is 1. The van der Waals surface area contributed by atoms with Gasteiger partial charge >= 0.3 is 6.03 Å². The second-order valence-corrected chi connectivity index (χ2v) is 4.36. The Morgan fingerprint density at radius 3 is 2.84 bits per heavy atom. The molecule has 0 aromatic heterocycles. The molecule has 0 aliphatic rings. The van der Waals surface area contributed by atoms with Gasteiger partial charge in [-0.15, -0.1) is 0 Å². The van der Waals surface area contributed by atoms with Crippen molar-refractivity contribution in [1.29, 1.82) is 0 Å². The van der Waals surface area contributed by atoms with Crippen LogP contribution in [0.5, 0.6) is 5.75 Å². The van der Waals surface area contributed by atoms with E-state index in [1.807, 2.05) is 32.0 Å². The number of nitrogens with one attached hydrogen (secondary N) is 2. The molecule has 0 radical (unpaired) electrons. The standard InChI is InChI=1S/C14H22N2O3/c1-3-10-19-13-7-5-4-6-12(13)16-14(18)15-11(2)8-9-17/h4-7,11,17H,3,8-10H2,1-2H3,(H2,15,16,18)/t11-/m1/s1. The van der Waals surface area contributed by atoms with Crippen LogP contribution in [0.25, 0.3) is 0 Å². The fraction of sp³-hybridized carbons (Fsp3) is 0.500. The highest BCUT2D eigenvalue weighted by Gasteiger charge is 2.09. The summed E-state index contributed by atoms with van der Waals surface area (Å²) in [5, 5.41) is 14.3. The first-order chi connectivity index (χ1) is 9.17. The van der Waals surface area contributed by atoms with Gasteiger partial charge < -0.3 is 20.5 Å². The van der Waals surface area contributed by atoms with Crippen molar-refractivity contribution in [3.63, 3.8) is 0 Å². The lowest BCUT2D eigenvalue weighted by Gasteiger charge is -2.15. The zero-order valence-corrected chi connectivity index (χ0v) is 11.5. The van der Waals surface area contributed by atoms with Crippen molar-refractivity contribution in [3.8, 4) is 5.75 Å². The van der Waals surface area contributed by atoms with Crippen molar-refractivity contribution in [3.05, 3.63) is 24.3 Å². The SMILES string of the molecule is CCCOc1ccccc1NC(=O)N[C@H](C)CCO. The number of hydrogen-bond donors (Lipinski definition) is 3. The minimum atomic E-state index is -0.298. The molecular weight excluding hydrogens is 244 g/mol. The smallest absolute Gasteiger partial charge is 0.319 e. The quantitative estimate of drug-likeness (QED) is 0.709. The molecule has 106 valence electrons. The van der Waals surface area contributed by atoms with E-state index in [1.165, 1.54) is 0 Å². The number of carbonyl (C=O) groups is 1. The summed E-state index contributed by atoms with van der Waals surface area (Å²) in [5.74, 6) is 0.661. The van der Waals surface area contributed by atoms with Gasteiger partial charge in [-0.2, -0.15) is 0 Å². The molecule has 0 bridgehead atoms. The van der Waals surface area contributed by atoms with E-state index in [0.29, 0.717) is 24.5 Å². The highest BCUT2D eigenvalue weighted by Crippen LogP contribution is 2.23. The number of rotatable bonds is 7. The van der Waals surface area contributed by atoms with Gasteiger partial charge in [-0.05, 0) is 31.9 Å². The highest BCUT2D eigenvalue weighted by atomic mass is 16.5. The number of amides is 2. The van der Waals surface area contributed by atoms with Crippen LogP contribution in [0.4, 0.5) is 10.5 Å². The Balaban J connectivity index is 2.58. The molecule has 2 amide bonds. The van der Waals surface area contributed by atoms with Gasteiger partial charge in [-0.25, -0.2) is 4.79 Å². The first-order valence-electron chi connectivity index (χ1n) is 6.57. The molecule has 0 fully saturated rings. The number of aliphatic hydroxyl groups excluding tert-OH is 1. The van der Waals surface area contributed by atoms with Gasteiger partial charge in [0.05, 0.1) is 12.3 Å². The molecule has 1 aromatic rings. The van der Waals surface area contributed by atoms with Crippen molar-refractivity contribution < 1.29 is 14.6 Å². The molecule has 0 saturated heterocycles. The maximum Gasteiger partial charge on any atom is 0.319 e. The van der Waals surface area contributed by atoms with E-state index in [4.69, 9.17) is 9.84 Å². The summed E-state index contributed by atoms with van der Waals surface area (Å²) in [6.45, 7) is 4.54. The second-order valence-electron chi connectivity index (χ2n) is 4.36. The van der Waals surface area contributed by atoms with Gasteiger partial charge in [0.1, 0.15) is 5.75 Å². The summed E-state index contributed by atoms with van der Waals surface area (Å²) in [5.41, 5.74) is 0.643. The third kappa shape index (κ3) is 5.61. The van der Waals surface area contributed by atoms with Crippen molar-refractivity contribution in [2.45, 2.75) is 32.7 Å². The Labute approximate surface area is 114 Å². The average molecular weight is 266 g/mol. The second kappa shape index (κ2) is 8.37. The van der Waals surface area contributed by atoms with Gasteiger partial charge in [0.25, 0.3) is 0 Å². The van der Waals surface area contributed by atoms with Gasteiger partial charge in [0.15, 0.2) is 0 Å². The summed E-state index contributed by atoms with van der Waals surface area (Å²) in [6, 6.07) is 6.94. The summed E-state index contributed by atoms with van der Waals surface area (Å²) < 4.78 is 5.56. The van der Waals surface area contributed by atoms with Crippen LogP contribution in [-0.4, -0.2) is 30.4 Å². The first kappa shape index (κ1) is 15.3. The molecule has 19 heavy (non-hydrogen) atoms. The number of anilines is 1. The molecule has 3 N–H and O–H groups in total. The van der Waals surface area contributed by atoms with Gasteiger partial charge in [0, 0.05) is 12.6 Å². The van der Waals surface area contributed by atoms with E-state index in [-0.39, 0.29) is 18.7 Å². The fourth-order valence-electron chi connectivity index (χ4n) is 1.56. The van der Waals surface area contributed by atoms with Crippen molar-refractivity contribution in [2.75, 3.05) is 18.5 Å². The number of urea groups is 1. The lowest BCUT2D eigenvalue weighted by Crippen LogP contribution is -2.36. The molecular formula is C14H22N2O3. The highest BCUT2D eigenvalue weighted by molar-refractivity contribution is 5.91. The number of aliphatic hydroxyl groups is 1. The average Bonchev–Trinajstić information content (AvgIpc) is 2.37. The third-order valence-electron chi connectivity index (χ3n) is 2.54. The molecule has 0 unspecified atom stereocenters. The van der Waals surface area contributed by atoms with Crippen LogP contribution in [0.2, 0.25) is 0 Å². The van der Waals surface area contributed by atoms with E-state index in [0.717, 1.165) is 6.42 Å². The minimum Gasteiger partial charge on any atom is -0.491 e. The van der Waals surface area contributed by atoms with Crippen LogP contribution in [0, 0.1) is 0 Å². The zero-order valence-electron chi connectivity index (χ0n) is 11.5. The summed E-state index contributed by atoms with van der Waals surface area (Å²) >= 11 is 0. The van der Waals surface area contributed by atoms with Gasteiger partial charge in [-0.3, -0.25) is 0 Å². The zero-order chi connectivity index (χ0) is 14.1. The molecule has 1 atom stereocenters. The normalized spacial score (nSPS) is 11.7. The Morgan fingerprint density at radius 2 is 2.16 bits per heavy atom. The van der Waals surface area contributed by atoms with Crippen LogP contribution in [0.15, 0.2) is 24.3 Å². The maximum atomic E-state index is 11.8. The molecule has 0 spiro atoms. The molecule has 0 aliphatic carbocycles. The van der Waals surface area contributed by atoms with Crippen molar-refractivity contribution in [2.24, 2.45) is 0 Å². The summed E-state index contributed by atoms with van der Waals surface area (Å²) in [6.07, 6.45) is 1.44. The Morgan fingerprint density at radius 1 is 1.42 bits per heavy atom. The van der Waals surface area contributed by atoms with Crippen LogP contribution >= 0.6 is 0 Å². The van der Waals surface area contributed by atoms with Gasteiger partial charge in [0.2, 0.25) is 0 Å². The van der Waals surface area contributed by atoms with Crippen LogP contribution in [0.3, 0.4) is 0 Å². The summed E-state index contributed by atoms with van der Waals surface area (Å²) in [4.78, 5) is 11.8. The lowest BCUT2D eigenvalue weighted by molar-refractivity contribution is 0.241. The van der Waals surface area contributed by atoms with E-state index in [9.17, 15) is 4.79 Å². The van der Waals surface area contributed by atoms with E-state index in [2.05, 4.69) is 10.6 Å². The molecule has 0 aliphatic heterocycles. The number of benzene rings is 1. The molecule has 0 heterocycles. The van der Waals surface area contributed by atoms with Crippen LogP contribution in [-0.2, 0) is 0 Å². The Hall–Kier alpha value is -1.75. The number of carbonyl (C=O) groups excluding carboxylic acids is 1. The maximum absolute atomic E-state index is 11.8. The molecule has 5 heteroatoms. The van der Waals surface area contributed by atoms with Crippen molar-refractivity contribution in [1.82, 2.24) is 5.32 Å². The Kier molecular flexibility index (Phi) is 6.74. The summed E-state index contributed by atoms with van der Waals surface area (Å²) in [7, 11) is 0. The van der Waals surface area contributed by atoms with E-state index < -0.39 is 0 Å². The Bertz CT molecular complexity index is 396. The van der Waals surface area contributed by atoms with E-state index >= 15 is 0 Å². The van der Waals surface area contributed by atoms with Crippen LogP contribution in [0.1, 0.15) is 26.7 Å². The van der Waals surface area contributed by atoms with E-state index in [1.54, 1.807) is 6.07 Å². The fourth-order valence-corrected chi connectivity index (χ4v) is 1.56. The molecule has 1 rings (SSSR count). The first-order valence-corrected chi connectivity index (χ1v) is 6.57.